The Kier molecular flexibility index (Phi) is 2.84. The number of aromatic nitrogens is 6. The molecule has 3 aromatic heterocycles. The average molecular weight is 323 g/mol. The van der Waals surface area contributed by atoms with Crippen molar-refractivity contribution < 1.29 is 13.2 Å². The summed E-state index contributed by atoms with van der Waals surface area (Å²) in [5, 5.41) is 11.3. The lowest BCUT2D eigenvalue weighted by molar-refractivity contribution is -0.147. The minimum atomic E-state index is -4.49. The van der Waals surface area contributed by atoms with Gasteiger partial charge in [0.25, 0.3) is 0 Å². The maximum atomic E-state index is 12.9. The first-order valence-corrected chi connectivity index (χ1v) is 6.99. The van der Waals surface area contributed by atoms with E-state index in [0.29, 0.717) is 12.4 Å². The van der Waals surface area contributed by atoms with Crippen LogP contribution in [-0.2, 0) is 19.3 Å². The summed E-state index contributed by atoms with van der Waals surface area (Å²) in [7, 11) is 0. The molecular formula is C13H12F3N7. The molecule has 3 aromatic rings. The summed E-state index contributed by atoms with van der Waals surface area (Å²) < 4.78 is 41.5. The molecule has 0 aliphatic carbocycles. The molecule has 1 aliphatic rings. The van der Waals surface area contributed by atoms with Gasteiger partial charge in [-0.05, 0) is 13.0 Å². The van der Waals surface area contributed by atoms with E-state index in [4.69, 9.17) is 0 Å². The van der Waals surface area contributed by atoms with Crippen molar-refractivity contribution in [2.75, 3.05) is 11.4 Å². The standard InChI is InChI=1S/C13H12F3N7/c1-8-6-9-11(17-2-3-23(9)20-8)21-4-5-22-10(7-21)18-19-12(22)13(14,15)16/h2-3,6H,4-5,7H2,1H3. The average Bonchev–Trinajstić information content (AvgIpc) is 3.07. The van der Waals surface area contributed by atoms with Gasteiger partial charge in [-0.25, -0.2) is 9.50 Å². The van der Waals surface area contributed by atoms with Crippen LogP contribution in [0.15, 0.2) is 18.5 Å². The van der Waals surface area contributed by atoms with Gasteiger partial charge in [-0.15, -0.1) is 10.2 Å². The smallest absolute Gasteiger partial charge is 0.345 e. The normalized spacial score (nSPS) is 15.2. The van der Waals surface area contributed by atoms with Crippen molar-refractivity contribution in [1.29, 1.82) is 0 Å². The Morgan fingerprint density at radius 2 is 2.00 bits per heavy atom. The number of anilines is 1. The lowest BCUT2D eigenvalue weighted by atomic mass is 10.3. The summed E-state index contributed by atoms with van der Waals surface area (Å²) in [6.07, 6.45) is -1.14. The molecule has 23 heavy (non-hydrogen) atoms. The van der Waals surface area contributed by atoms with E-state index >= 15 is 0 Å². The van der Waals surface area contributed by atoms with Gasteiger partial charge in [0.15, 0.2) is 11.6 Å². The first-order valence-electron chi connectivity index (χ1n) is 6.99. The van der Waals surface area contributed by atoms with Gasteiger partial charge in [-0.1, -0.05) is 0 Å². The number of aryl methyl sites for hydroxylation is 1. The number of hydrogen-bond donors (Lipinski definition) is 0. The fourth-order valence-corrected chi connectivity index (χ4v) is 2.82. The van der Waals surface area contributed by atoms with Crippen molar-refractivity contribution in [3.05, 3.63) is 35.8 Å². The molecule has 4 rings (SSSR count). The van der Waals surface area contributed by atoms with Crippen LogP contribution in [0.4, 0.5) is 19.0 Å². The minimum Gasteiger partial charge on any atom is -0.345 e. The van der Waals surface area contributed by atoms with Crippen molar-refractivity contribution in [1.82, 2.24) is 29.4 Å². The van der Waals surface area contributed by atoms with Gasteiger partial charge in [0.1, 0.15) is 5.52 Å². The zero-order valence-electron chi connectivity index (χ0n) is 12.1. The number of nitrogens with zero attached hydrogens (tertiary/aromatic N) is 7. The molecule has 0 N–H and O–H groups in total. The van der Waals surface area contributed by atoms with Crippen LogP contribution in [-0.4, -0.2) is 35.9 Å². The summed E-state index contributed by atoms with van der Waals surface area (Å²) in [6.45, 7) is 2.65. The molecule has 0 amide bonds. The zero-order chi connectivity index (χ0) is 16.2. The second-order valence-corrected chi connectivity index (χ2v) is 5.38. The third-order valence-electron chi connectivity index (χ3n) is 3.80. The van der Waals surface area contributed by atoms with E-state index in [9.17, 15) is 13.2 Å². The first-order chi connectivity index (χ1) is 10.9. The SMILES string of the molecule is Cc1cc2c(N3CCn4c(nnc4C(F)(F)F)C3)nccn2n1. The molecule has 0 saturated heterocycles. The molecule has 0 unspecified atom stereocenters. The Hall–Kier alpha value is -2.65. The van der Waals surface area contributed by atoms with Crippen LogP contribution in [0.2, 0.25) is 0 Å². The highest BCUT2D eigenvalue weighted by Gasteiger charge is 2.39. The predicted octanol–water partition coefficient (Wildman–Crippen LogP) is 1.67. The Balaban J connectivity index is 1.72. The van der Waals surface area contributed by atoms with Crippen LogP contribution in [0.3, 0.4) is 0 Å². The van der Waals surface area contributed by atoms with Crippen LogP contribution < -0.4 is 4.90 Å². The van der Waals surface area contributed by atoms with Gasteiger partial charge in [0.2, 0.25) is 5.82 Å². The topological polar surface area (TPSA) is 64.1 Å². The van der Waals surface area contributed by atoms with E-state index in [1.165, 1.54) is 0 Å². The Morgan fingerprint density at radius 1 is 1.17 bits per heavy atom. The molecule has 0 bridgehead atoms. The highest BCUT2D eigenvalue weighted by Crippen LogP contribution is 2.30. The van der Waals surface area contributed by atoms with Crippen molar-refractivity contribution in [2.24, 2.45) is 0 Å². The molecule has 0 spiro atoms. The van der Waals surface area contributed by atoms with Crippen molar-refractivity contribution in [3.8, 4) is 0 Å². The fraction of sp³-hybridized carbons (Fsp3) is 0.385. The summed E-state index contributed by atoms with van der Waals surface area (Å²) in [4.78, 5) is 6.25. The fourth-order valence-electron chi connectivity index (χ4n) is 2.82. The lowest BCUT2D eigenvalue weighted by Gasteiger charge is -2.29. The number of fused-ring (bicyclic) bond motifs is 2. The van der Waals surface area contributed by atoms with Crippen LogP contribution in [0.1, 0.15) is 17.3 Å². The summed E-state index contributed by atoms with van der Waals surface area (Å²) in [5.41, 5.74) is 1.66. The Bertz CT molecular complexity index is 879. The van der Waals surface area contributed by atoms with E-state index < -0.39 is 12.0 Å². The van der Waals surface area contributed by atoms with Crippen molar-refractivity contribution >= 4 is 11.3 Å². The molecule has 7 nitrogen and oxygen atoms in total. The van der Waals surface area contributed by atoms with Gasteiger partial charge < -0.3 is 9.47 Å². The van der Waals surface area contributed by atoms with Gasteiger partial charge in [0, 0.05) is 25.5 Å². The number of rotatable bonds is 1. The maximum absolute atomic E-state index is 12.9. The third-order valence-corrected chi connectivity index (χ3v) is 3.80. The van der Waals surface area contributed by atoms with Crippen molar-refractivity contribution in [2.45, 2.75) is 26.2 Å². The Morgan fingerprint density at radius 3 is 2.78 bits per heavy atom. The van der Waals surface area contributed by atoms with Crippen LogP contribution in [0.25, 0.3) is 5.52 Å². The van der Waals surface area contributed by atoms with Crippen molar-refractivity contribution in [3.63, 3.8) is 0 Å². The maximum Gasteiger partial charge on any atom is 0.451 e. The molecule has 0 atom stereocenters. The van der Waals surface area contributed by atoms with Crippen LogP contribution >= 0.6 is 0 Å². The monoisotopic (exact) mass is 323 g/mol. The molecule has 0 fully saturated rings. The zero-order valence-corrected chi connectivity index (χ0v) is 12.1. The van der Waals surface area contributed by atoms with Crippen LogP contribution in [0, 0.1) is 6.92 Å². The molecule has 1 aliphatic heterocycles. The number of alkyl halides is 3. The highest BCUT2D eigenvalue weighted by molar-refractivity contribution is 5.69. The molecule has 10 heteroatoms. The lowest BCUT2D eigenvalue weighted by Crippen LogP contribution is -2.36. The van der Waals surface area contributed by atoms with E-state index in [1.807, 2.05) is 17.9 Å². The third kappa shape index (κ3) is 2.21. The summed E-state index contributed by atoms with van der Waals surface area (Å²) in [5.74, 6) is 0.0121. The molecule has 0 aromatic carbocycles. The quantitative estimate of drug-likeness (QED) is 0.681. The van der Waals surface area contributed by atoms with Gasteiger partial charge in [0.05, 0.1) is 12.2 Å². The first kappa shape index (κ1) is 14.0. The number of halogens is 3. The summed E-state index contributed by atoms with van der Waals surface area (Å²) in [6, 6.07) is 1.89. The van der Waals surface area contributed by atoms with Gasteiger partial charge in [-0.3, -0.25) is 0 Å². The van der Waals surface area contributed by atoms with E-state index in [2.05, 4.69) is 20.3 Å². The second kappa shape index (κ2) is 4.67. The highest BCUT2D eigenvalue weighted by atomic mass is 19.4. The summed E-state index contributed by atoms with van der Waals surface area (Å²) >= 11 is 0. The Labute approximate surface area is 128 Å². The molecular weight excluding hydrogens is 311 g/mol. The van der Waals surface area contributed by atoms with E-state index in [-0.39, 0.29) is 18.9 Å². The molecule has 4 heterocycles. The molecule has 0 saturated carbocycles. The van der Waals surface area contributed by atoms with Gasteiger partial charge in [-0.2, -0.15) is 18.3 Å². The predicted molar refractivity (Wildman–Crippen MR) is 73.8 cm³/mol. The number of hydrogen-bond acceptors (Lipinski definition) is 5. The minimum absolute atomic E-state index is 0.160. The van der Waals surface area contributed by atoms with E-state index in [1.54, 1.807) is 16.9 Å². The molecule has 0 radical (unpaired) electrons. The van der Waals surface area contributed by atoms with E-state index in [0.717, 1.165) is 15.8 Å². The molecule has 120 valence electrons. The second-order valence-electron chi connectivity index (χ2n) is 5.38. The van der Waals surface area contributed by atoms with Gasteiger partial charge >= 0.3 is 6.18 Å². The van der Waals surface area contributed by atoms with Crippen LogP contribution in [0.5, 0.6) is 0 Å². The largest absolute Gasteiger partial charge is 0.451 e.